The van der Waals surface area contributed by atoms with Gasteiger partial charge in [-0.3, -0.25) is 4.79 Å². The largest absolute Gasteiger partial charge is 0.372 e. The topological polar surface area (TPSA) is 32.8 Å². The van der Waals surface area contributed by atoms with Crippen LogP contribution in [0.15, 0.2) is 54.6 Å². The summed E-state index contributed by atoms with van der Waals surface area (Å²) in [6.07, 6.45) is 0. The number of rotatable bonds is 6. The zero-order chi connectivity index (χ0) is 15.9. The Morgan fingerprint density at radius 3 is 2.18 bits per heavy atom. The minimum atomic E-state index is -0.166. The molecule has 0 N–H and O–H groups in total. The summed E-state index contributed by atoms with van der Waals surface area (Å²) >= 11 is 0. The first kappa shape index (κ1) is 15.9. The van der Waals surface area contributed by atoms with E-state index in [1.807, 2.05) is 54.6 Å². The van der Waals surface area contributed by atoms with E-state index < -0.39 is 0 Å². The molecule has 0 saturated heterocycles. The predicted octanol–water partition coefficient (Wildman–Crippen LogP) is 3.88. The fourth-order valence-electron chi connectivity index (χ4n) is 2.29. The smallest absolute Gasteiger partial charge is 0.256 e. The van der Waals surface area contributed by atoms with E-state index in [-0.39, 0.29) is 5.91 Å². The van der Waals surface area contributed by atoms with Crippen molar-refractivity contribution in [3.05, 3.63) is 54.6 Å². The second-order valence-corrected chi connectivity index (χ2v) is 4.91. The van der Waals surface area contributed by atoms with Gasteiger partial charge in [0.05, 0.1) is 5.69 Å². The molecule has 0 heterocycles. The second kappa shape index (κ2) is 7.50. The van der Waals surface area contributed by atoms with Crippen molar-refractivity contribution in [3.8, 4) is 5.75 Å². The molecule has 0 aliphatic rings. The van der Waals surface area contributed by atoms with Crippen LogP contribution in [0.2, 0.25) is 0 Å². The number of anilines is 2. The molecule has 0 radical (unpaired) electrons. The molecule has 0 aliphatic carbocycles. The number of hydrogen-bond acceptors (Lipinski definition) is 3. The van der Waals surface area contributed by atoms with Gasteiger partial charge >= 0.3 is 0 Å². The standard InChI is InChI=1S/C18H22N2O2/c1-4-19(5-2)16-10-9-11-17(14-16)20(15(3)21)22-18-12-7-6-8-13-18/h6-14H,4-5H2,1-3H3. The van der Waals surface area contributed by atoms with E-state index in [4.69, 9.17) is 4.84 Å². The lowest BCUT2D eigenvalue weighted by Crippen LogP contribution is -2.32. The number of carbonyl (C=O) groups is 1. The van der Waals surface area contributed by atoms with Crippen molar-refractivity contribution in [3.63, 3.8) is 0 Å². The Labute approximate surface area is 131 Å². The van der Waals surface area contributed by atoms with Crippen LogP contribution in [0.3, 0.4) is 0 Å². The molecular weight excluding hydrogens is 276 g/mol. The molecule has 2 aromatic carbocycles. The molecule has 0 fully saturated rings. The molecule has 0 spiro atoms. The highest BCUT2D eigenvalue weighted by Gasteiger charge is 2.15. The molecule has 2 aromatic rings. The van der Waals surface area contributed by atoms with Crippen LogP contribution in [-0.4, -0.2) is 19.0 Å². The summed E-state index contributed by atoms with van der Waals surface area (Å²) in [5.74, 6) is 0.464. The van der Waals surface area contributed by atoms with Gasteiger partial charge < -0.3 is 9.74 Å². The molecule has 2 rings (SSSR count). The van der Waals surface area contributed by atoms with Crippen LogP contribution in [0.1, 0.15) is 20.8 Å². The first-order valence-corrected chi connectivity index (χ1v) is 7.54. The maximum absolute atomic E-state index is 12.0. The summed E-state index contributed by atoms with van der Waals surface area (Å²) in [5.41, 5.74) is 1.80. The van der Waals surface area contributed by atoms with Crippen LogP contribution in [0.4, 0.5) is 11.4 Å². The van der Waals surface area contributed by atoms with Gasteiger partial charge in [-0.1, -0.05) is 24.3 Å². The number of para-hydroxylation sites is 1. The lowest BCUT2D eigenvalue weighted by atomic mass is 10.2. The maximum atomic E-state index is 12.0. The van der Waals surface area contributed by atoms with E-state index in [0.29, 0.717) is 5.75 Å². The molecule has 0 atom stereocenters. The highest BCUT2D eigenvalue weighted by Crippen LogP contribution is 2.24. The Kier molecular flexibility index (Phi) is 5.42. The fourth-order valence-corrected chi connectivity index (χ4v) is 2.29. The number of carbonyl (C=O) groups excluding carboxylic acids is 1. The highest BCUT2D eigenvalue weighted by molar-refractivity contribution is 5.90. The first-order chi connectivity index (χ1) is 10.7. The molecule has 116 valence electrons. The summed E-state index contributed by atoms with van der Waals surface area (Å²) < 4.78 is 0. The van der Waals surface area contributed by atoms with Crippen LogP contribution >= 0.6 is 0 Å². The van der Waals surface area contributed by atoms with Crippen LogP contribution in [0, 0.1) is 0 Å². The zero-order valence-electron chi connectivity index (χ0n) is 13.3. The monoisotopic (exact) mass is 298 g/mol. The average Bonchev–Trinajstić information content (AvgIpc) is 2.55. The Morgan fingerprint density at radius 1 is 0.955 bits per heavy atom. The van der Waals surface area contributed by atoms with Crippen molar-refractivity contribution >= 4 is 17.3 Å². The van der Waals surface area contributed by atoms with Gasteiger partial charge in [-0.25, -0.2) is 0 Å². The molecular formula is C18H22N2O2. The minimum absolute atomic E-state index is 0.166. The van der Waals surface area contributed by atoms with Crippen molar-refractivity contribution in [1.82, 2.24) is 0 Å². The van der Waals surface area contributed by atoms with Crippen LogP contribution in [0.5, 0.6) is 5.75 Å². The average molecular weight is 298 g/mol. The van der Waals surface area contributed by atoms with Crippen LogP contribution in [0.25, 0.3) is 0 Å². The van der Waals surface area contributed by atoms with Gasteiger partial charge in [-0.2, -0.15) is 0 Å². The van der Waals surface area contributed by atoms with Crippen LogP contribution in [-0.2, 0) is 4.79 Å². The van der Waals surface area contributed by atoms with Gasteiger partial charge in [0.2, 0.25) is 0 Å². The van der Waals surface area contributed by atoms with Crippen molar-refractivity contribution in [2.45, 2.75) is 20.8 Å². The summed E-state index contributed by atoms with van der Waals surface area (Å²) in [5, 5.41) is 1.32. The van der Waals surface area contributed by atoms with Crippen molar-refractivity contribution < 1.29 is 9.63 Å². The van der Waals surface area contributed by atoms with E-state index in [2.05, 4.69) is 18.7 Å². The summed E-state index contributed by atoms with van der Waals surface area (Å²) in [6.45, 7) is 7.55. The number of benzene rings is 2. The zero-order valence-corrected chi connectivity index (χ0v) is 13.3. The summed E-state index contributed by atoms with van der Waals surface area (Å²) in [7, 11) is 0. The van der Waals surface area contributed by atoms with Crippen molar-refractivity contribution in [2.75, 3.05) is 23.1 Å². The lowest BCUT2D eigenvalue weighted by molar-refractivity contribution is -0.120. The Hall–Kier alpha value is -2.49. The van der Waals surface area contributed by atoms with Gasteiger partial charge in [-0.15, -0.1) is 5.06 Å². The molecule has 4 nitrogen and oxygen atoms in total. The van der Waals surface area contributed by atoms with E-state index in [0.717, 1.165) is 24.5 Å². The van der Waals surface area contributed by atoms with E-state index in [1.54, 1.807) is 0 Å². The molecule has 1 amide bonds. The number of amides is 1. The highest BCUT2D eigenvalue weighted by atomic mass is 16.7. The first-order valence-electron chi connectivity index (χ1n) is 7.54. The quantitative estimate of drug-likeness (QED) is 0.759. The summed E-state index contributed by atoms with van der Waals surface area (Å²) in [4.78, 5) is 19.9. The minimum Gasteiger partial charge on any atom is -0.372 e. The lowest BCUT2D eigenvalue weighted by Gasteiger charge is -2.25. The third kappa shape index (κ3) is 3.79. The van der Waals surface area contributed by atoms with Gasteiger partial charge in [0, 0.05) is 25.7 Å². The van der Waals surface area contributed by atoms with E-state index in [1.165, 1.54) is 12.0 Å². The maximum Gasteiger partial charge on any atom is 0.256 e. The number of nitrogens with zero attached hydrogens (tertiary/aromatic N) is 2. The normalized spacial score (nSPS) is 10.1. The SMILES string of the molecule is CCN(CC)c1cccc(N(Oc2ccccc2)C(C)=O)c1. The molecule has 0 aromatic heterocycles. The Bertz CT molecular complexity index is 609. The molecule has 0 bridgehead atoms. The predicted molar refractivity (Wildman–Crippen MR) is 90.2 cm³/mol. The van der Waals surface area contributed by atoms with Crippen molar-refractivity contribution in [1.29, 1.82) is 0 Å². The fraction of sp³-hybridized carbons (Fsp3) is 0.278. The van der Waals surface area contributed by atoms with Crippen LogP contribution < -0.4 is 14.8 Å². The van der Waals surface area contributed by atoms with Gasteiger partial charge in [-0.05, 0) is 44.2 Å². The van der Waals surface area contributed by atoms with Crippen molar-refractivity contribution in [2.24, 2.45) is 0 Å². The molecule has 0 unspecified atom stereocenters. The summed E-state index contributed by atoms with van der Waals surface area (Å²) in [6, 6.07) is 17.1. The Morgan fingerprint density at radius 2 is 1.59 bits per heavy atom. The molecule has 0 saturated carbocycles. The van der Waals surface area contributed by atoms with Gasteiger partial charge in [0.15, 0.2) is 5.75 Å². The molecule has 4 heteroatoms. The molecule has 22 heavy (non-hydrogen) atoms. The number of hydroxylamine groups is 1. The van der Waals surface area contributed by atoms with Gasteiger partial charge in [0.1, 0.15) is 0 Å². The van der Waals surface area contributed by atoms with Gasteiger partial charge in [0.25, 0.3) is 5.91 Å². The second-order valence-electron chi connectivity index (χ2n) is 4.91. The Balaban J connectivity index is 2.29. The molecule has 0 aliphatic heterocycles. The third-order valence-electron chi connectivity index (χ3n) is 3.42. The van der Waals surface area contributed by atoms with E-state index >= 15 is 0 Å². The van der Waals surface area contributed by atoms with E-state index in [9.17, 15) is 4.79 Å². The third-order valence-corrected chi connectivity index (χ3v) is 3.42. The number of hydrogen-bond donors (Lipinski definition) is 0.